The summed E-state index contributed by atoms with van der Waals surface area (Å²) >= 11 is 0. The van der Waals surface area contributed by atoms with Crippen molar-refractivity contribution < 1.29 is 33.0 Å². The molecule has 1 aliphatic carbocycles. The molecule has 0 fully saturated rings. The first-order chi connectivity index (χ1) is 17.3. The minimum Gasteiger partial charge on any atom is -0.480 e. The van der Waals surface area contributed by atoms with Gasteiger partial charge >= 0.3 is 18.0 Å². The van der Waals surface area contributed by atoms with Crippen LogP contribution in [0.4, 0.5) is 13.6 Å². The smallest absolute Gasteiger partial charge is 0.407 e. The summed E-state index contributed by atoms with van der Waals surface area (Å²) in [6, 6.07) is 23.6. The highest BCUT2D eigenvalue weighted by Crippen LogP contribution is 2.44. The third kappa shape index (κ3) is 5.51. The van der Waals surface area contributed by atoms with Crippen molar-refractivity contribution in [2.75, 3.05) is 19.7 Å². The van der Waals surface area contributed by atoms with Crippen LogP contribution in [0.25, 0.3) is 11.1 Å². The van der Waals surface area contributed by atoms with E-state index in [1.54, 1.807) is 30.3 Å². The second kappa shape index (κ2) is 10.6. The number of carbonyl (C=O) groups is 3. The summed E-state index contributed by atoms with van der Waals surface area (Å²) < 4.78 is 34.6. The molecule has 0 radical (unpaired) electrons. The maximum atomic E-state index is 14.7. The van der Waals surface area contributed by atoms with Crippen molar-refractivity contribution in [1.29, 1.82) is 0 Å². The SMILES string of the molecule is O=C(O)CN(Cc1ccccc1)C(=O)C(F)(F)CNC(=O)OCC1c2ccccc2-c2ccccc21. The molecular weight excluding hydrogens is 470 g/mol. The monoisotopic (exact) mass is 494 g/mol. The molecule has 0 atom stereocenters. The van der Waals surface area contributed by atoms with Crippen LogP contribution in [0.3, 0.4) is 0 Å². The molecule has 0 bridgehead atoms. The highest BCUT2D eigenvalue weighted by atomic mass is 19.3. The minimum atomic E-state index is -4.03. The highest BCUT2D eigenvalue weighted by molar-refractivity contribution is 5.87. The van der Waals surface area contributed by atoms with Crippen molar-refractivity contribution in [2.45, 2.75) is 18.4 Å². The Labute approximate surface area is 206 Å². The zero-order valence-corrected chi connectivity index (χ0v) is 19.2. The quantitative estimate of drug-likeness (QED) is 0.463. The highest BCUT2D eigenvalue weighted by Gasteiger charge is 2.43. The Morgan fingerprint density at radius 3 is 2.03 bits per heavy atom. The molecule has 0 aromatic heterocycles. The molecule has 36 heavy (non-hydrogen) atoms. The predicted octanol–water partition coefficient (Wildman–Crippen LogP) is 4.27. The molecule has 0 aliphatic heterocycles. The number of carboxylic acid groups (broad SMARTS) is 1. The molecule has 3 aromatic carbocycles. The van der Waals surface area contributed by atoms with E-state index in [2.05, 4.69) is 0 Å². The van der Waals surface area contributed by atoms with E-state index in [0.717, 1.165) is 22.3 Å². The van der Waals surface area contributed by atoms with Crippen LogP contribution in [0.15, 0.2) is 78.9 Å². The van der Waals surface area contributed by atoms with E-state index >= 15 is 0 Å². The topological polar surface area (TPSA) is 95.9 Å². The third-order valence-corrected chi connectivity index (χ3v) is 5.94. The molecule has 0 heterocycles. The maximum absolute atomic E-state index is 14.7. The number of hydrogen-bond donors (Lipinski definition) is 2. The number of carbonyl (C=O) groups excluding carboxylic acids is 2. The minimum absolute atomic E-state index is 0.0709. The lowest BCUT2D eigenvalue weighted by Gasteiger charge is -2.26. The van der Waals surface area contributed by atoms with Gasteiger partial charge < -0.3 is 20.1 Å². The Morgan fingerprint density at radius 1 is 0.889 bits per heavy atom. The molecule has 2 N–H and O–H groups in total. The van der Waals surface area contributed by atoms with Gasteiger partial charge in [-0.05, 0) is 27.8 Å². The third-order valence-electron chi connectivity index (χ3n) is 5.94. The number of alkyl halides is 2. The molecule has 0 spiro atoms. The number of aliphatic carboxylic acids is 1. The van der Waals surface area contributed by atoms with Gasteiger partial charge in [0.1, 0.15) is 13.2 Å². The Balaban J connectivity index is 1.37. The molecule has 0 unspecified atom stereocenters. The molecule has 3 aromatic rings. The average Bonchev–Trinajstić information content (AvgIpc) is 3.19. The number of ether oxygens (including phenoxy) is 1. The molecule has 9 heteroatoms. The van der Waals surface area contributed by atoms with E-state index in [1.807, 2.05) is 53.8 Å². The van der Waals surface area contributed by atoms with Crippen LogP contribution in [0.1, 0.15) is 22.6 Å². The van der Waals surface area contributed by atoms with E-state index < -0.39 is 37.0 Å². The first kappa shape index (κ1) is 24.8. The number of alkyl carbamates (subject to hydrolysis) is 1. The van der Waals surface area contributed by atoms with Gasteiger partial charge in [-0.25, -0.2) is 4.79 Å². The fourth-order valence-corrected chi connectivity index (χ4v) is 4.31. The zero-order valence-electron chi connectivity index (χ0n) is 19.2. The maximum Gasteiger partial charge on any atom is 0.407 e. The van der Waals surface area contributed by atoms with Crippen molar-refractivity contribution in [3.8, 4) is 11.1 Å². The van der Waals surface area contributed by atoms with Crippen LogP contribution in [-0.2, 0) is 20.9 Å². The number of fused-ring (bicyclic) bond motifs is 3. The summed E-state index contributed by atoms with van der Waals surface area (Å²) in [7, 11) is 0. The lowest BCUT2D eigenvalue weighted by atomic mass is 9.98. The molecule has 0 saturated heterocycles. The predicted molar refractivity (Wildman–Crippen MR) is 128 cm³/mol. The first-order valence-corrected chi connectivity index (χ1v) is 11.3. The summed E-state index contributed by atoms with van der Waals surface area (Å²) in [5, 5.41) is 11.0. The van der Waals surface area contributed by atoms with Crippen LogP contribution < -0.4 is 5.32 Å². The van der Waals surface area contributed by atoms with E-state index in [-0.39, 0.29) is 19.1 Å². The van der Waals surface area contributed by atoms with Gasteiger partial charge in [0.05, 0.1) is 6.54 Å². The Kier molecular flexibility index (Phi) is 7.28. The normalized spacial score (nSPS) is 12.4. The van der Waals surface area contributed by atoms with Crippen molar-refractivity contribution in [1.82, 2.24) is 10.2 Å². The lowest BCUT2D eigenvalue weighted by Crippen LogP contribution is -2.51. The Bertz CT molecular complexity index is 1220. The Hall–Kier alpha value is -4.27. The standard InChI is InChI=1S/C27H24F2N2O5/c28-27(29,25(34)31(15-24(32)33)14-18-8-2-1-3-9-18)17-30-26(35)36-16-23-21-12-6-4-10-19(21)20-11-5-7-13-22(20)23/h1-13,23H,14-17H2,(H,30,35)(H,32,33). The molecule has 7 nitrogen and oxygen atoms in total. The zero-order chi connectivity index (χ0) is 25.7. The second-order valence-electron chi connectivity index (χ2n) is 8.42. The number of hydrogen-bond acceptors (Lipinski definition) is 4. The van der Waals surface area contributed by atoms with Gasteiger partial charge in [0, 0.05) is 12.5 Å². The van der Waals surface area contributed by atoms with Gasteiger partial charge in [0.15, 0.2) is 0 Å². The van der Waals surface area contributed by atoms with Gasteiger partial charge in [-0.15, -0.1) is 0 Å². The number of nitrogens with one attached hydrogen (secondary N) is 1. The van der Waals surface area contributed by atoms with Crippen LogP contribution in [-0.4, -0.2) is 53.6 Å². The van der Waals surface area contributed by atoms with Crippen LogP contribution in [0.2, 0.25) is 0 Å². The van der Waals surface area contributed by atoms with Gasteiger partial charge in [-0.1, -0.05) is 78.9 Å². The summed E-state index contributed by atoms with van der Waals surface area (Å²) in [6.45, 7) is -2.62. The summed E-state index contributed by atoms with van der Waals surface area (Å²) in [5.41, 5.74) is 4.48. The number of halogens is 2. The second-order valence-corrected chi connectivity index (χ2v) is 8.42. The average molecular weight is 494 g/mol. The van der Waals surface area contributed by atoms with Crippen LogP contribution >= 0.6 is 0 Å². The van der Waals surface area contributed by atoms with Gasteiger partial charge in [-0.2, -0.15) is 8.78 Å². The lowest BCUT2D eigenvalue weighted by molar-refractivity contribution is -0.161. The fourth-order valence-electron chi connectivity index (χ4n) is 4.31. The first-order valence-electron chi connectivity index (χ1n) is 11.3. The number of rotatable bonds is 9. The number of nitrogens with zero attached hydrogens (tertiary/aromatic N) is 1. The van der Waals surface area contributed by atoms with E-state index in [4.69, 9.17) is 9.84 Å². The van der Waals surface area contributed by atoms with Gasteiger partial charge in [0.25, 0.3) is 5.91 Å². The molecule has 2 amide bonds. The molecule has 1 aliphatic rings. The van der Waals surface area contributed by atoms with Crippen molar-refractivity contribution in [2.24, 2.45) is 0 Å². The number of carboxylic acids is 1. The van der Waals surface area contributed by atoms with E-state index in [9.17, 15) is 23.2 Å². The van der Waals surface area contributed by atoms with Gasteiger partial charge in [-0.3, -0.25) is 9.59 Å². The van der Waals surface area contributed by atoms with Crippen LogP contribution in [0, 0.1) is 0 Å². The summed E-state index contributed by atoms with van der Waals surface area (Å²) in [4.78, 5) is 36.4. The van der Waals surface area contributed by atoms with Crippen molar-refractivity contribution in [3.05, 3.63) is 95.6 Å². The van der Waals surface area contributed by atoms with Crippen molar-refractivity contribution >= 4 is 18.0 Å². The Morgan fingerprint density at radius 2 is 1.44 bits per heavy atom. The van der Waals surface area contributed by atoms with Crippen molar-refractivity contribution in [3.63, 3.8) is 0 Å². The molecule has 186 valence electrons. The molecule has 0 saturated carbocycles. The van der Waals surface area contributed by atoms with E-state index in [0.29, 0.717) is 10.5 Å². The molecule has 4 rings (SSSR count). The largest absolute Gasteiger partial charge is 0.480 e. The van der Waals surface area contributed by atoms with Gasteiger partial charge in [0.2, 0.25) is 0 Å². The van der Waals surface area contributed by atoms with Crippen LogP contribution in [0.5, 0.6) is 0 Å². The fraction of sp³-hybridized carbons (Fsp3) is 0.222. The number of benzene rings is 3. The summed E-state index contributed by atoms with van der Waals surface area (Å²) in [5.74, 6) is -7.41. The van der Waals surface area contributed by atoms with E-state index in [1.165, 1.54) is 0 Å². The number of amides is 2. The summed E-state index contributed by atoms with van der Waals surface area (Å²) in [6.07, 6.45) is -1.10. The molecular formula is C27H24F2N2O5.